The normalized spacial score (nSPS) is 15.2. The predicted octanol–water partition coefficient (Wildman–Crippen LogP) is 2.01. The Balaban J connectivity index is 1.66. The highest BCUT2D eigenvalue weighted by Gasteiger charge is 2.31. The summed E-state index contributed by atoms with van der Waals surface area (Å²) in [5.41, 5.74) is 0.772. The number of sulfonamides is 1. The van der Waals surface area contributed by atoms with Crippen LogP contribution in [-0.2, 0) is 17.1 Å². The molecule has 0 unspecified atom stereocenters. The minimum atomic E-state index is -3.66. The van der Waals surface area contributed by atoms with E-state index in [9.17, 15) is 18.0 Å². The van der Waals surface area contributed by atoms with Crippen LogP contribution in [-0.4, -0.2) is 48.0 Å². The van der Waals surface area contributed by atoms with E-state index in [1.54, 1.807) is 31.2 Å². The maximum atomic E-state index is 13.0. The number of hydrogen-bond donors (Lipinski definition) is 0. The van der Waals surface area contributed by atoms with Gasteiger partial charge in [-0.15, -0.1) is 0 Å². The van der Waals surface area contributed by atoms with Crippen LogP contribution in [0.15, 0.2) is 69.1 Å². The van der Waals surface area contributed by atoms with Crippen LogP contribution >= 0.6 is 11.6 Å². The van der Waals surface area contributed by atoms with Crippen molar-refractivity contribution in [1.29, 1.82) is 0 Å². The number of benzene rings is 2. The summed E-state index contributed by atoms with van der Waals surface area (Å²) in [6.45, 7) is 2.84. The molecule has 1 aromatic heterocycles. The van der Waals surface area contributed by atoms with E-state index in [0.717, 1.165) is 4.57 Å². The maximum absolute atomic E-state index is 13.0. The topological polar surface area (TPSA) is 84.6 Å². The van der Waals surface area contributed by atoms with Gasteiger partial charge in [-0.05, 0) is 43.3 Å². The lowest BCUT2D eigenvalue weighted by atomic mass is 10.2. The highest BCUT2D eigenvalue weighted by molar-refractivity contribution is 7.89. The van der Waals surface area contributed by atoms with E-state index < -0.39 is 21.3 Å². The fraction of sp³-hybridized carbons (Fsp3) is 0.273. The van der Waals surface area contributed by atoms with Gasteiger partial charge in [-0.2, -0.15) is 4.31 Å². The van der Waals surface area contributed by atoms with E-state index in [-0.39, 0.29) is 18.0 Å². The van der Waals surface area contributed by atoms with Gasteiger partial charge >= 0.3 is 5.69 Å². The van der Waals surface area contributed by atoms with Gasteiger partial charge in [0.25, 0.3) is 5.56 Å². The molecule has 4 rings (SSSR count). The fourth-order valence-electron chi connectivity index (χ4n) is 3.95. The van der Waals surface area contributed by atoms with Crippen LogP contribution in [0.4, 0.5) is 5.69 Å². The second-order valence-corrected chi connectivity index (χ2v) is 9.97. The molecule has 2 heterocycles. The molecular formula is C22H23ClN4O4S. The zero-order valence-electron chi connectivity index (χ0n) is 17.7. The molecule has 2 aromatic carbocycles. The van der Waals surface area contributed by atoms with Gasteiger partial charge in [-0.25, -0.2) is 13.2 Å². The summed E-state index contributed by atoms with van der Waals surface area (Å²) in [7, 11) is -2.21. The molecule has 168 valence electrons. The molecule has 32 heavy (non-hydrogen) atoms. The van der Waals surface area contributed by atoms with Crippen molar-refractivity contribution in [2.75, 3.05) is 31.1 Å². The van der Waals surface area contributed by atoms with Gasteiger partial charge < -0.3 is 4.90 Å². The van der Waals surface area contributed by atoms with Gasteiger partial charge in [0.2, 0.25) is 10.0 Å². The van der Waals surface area contributed by atoms with Crippen LogP contribution in [0.2, 0.25) is 5.02 Å². The molecule has 0 spiro atoms. The lowest BCUT2D eigenvalue weighted by Gasteiger charge is -2.36. The molecule has 1 saturated heterocycles. The number of hydrogen-bond acceptors (Lipinski definition) is 5. The monoisotopic (exact) mass is 474 g/mol. The summed E-state index contributed by atoms with van der Waals surface area (Å²) >= 11 is 5.87. The number of anilines is 1. The molecule has 10 heteroatoms. The van der Waals surface area contributed by atoms with Gasteiger partial charge in [0, 0.05) is 38.2 Å². The molecule has 1 fully saturated rings. The van der Waals surface area contributed by atoms with E-state index in [0.29, 0.717) is 35.2 Å². The van der Waals surface area contributed by atoms with Crippen LogP contribution in [0.5, 0.6) is 0 Å². The summed E-state index contributed by atoms with van der Waals surface area (Å²) < 4.78 is 29.9. The van der Waals surface area contributed by atoms with Crippen molar-refractivity contribution < 1.29 is 8.42 Å². The third-order valence-corrected chi connectivity index (χ3v) is 7.85. The Kier molecular flexibility index (Phi) is 5.98. The number of halogens is 1. The summed E-state index contributed by atoms with van der Waals surface area (Å²) in [6.07, 6.45) is 0. The molecule has 0 radical (unpaired) electrons. The predicted molar refractivity (Wildman–Crippen MR) is 124 cm³/mol. The average molecular weight is 475 g/mol. The quantitative estimate of drug-likeness (QED) is 0.577. The van der Waals surface area contributed by atoms with E-state index in [1.165, 1.54) is 28.1 Å². The van der Waals surface area contributed by atoms with Crippen LogP contribution in [0.1, 0.15) is 5.69 Å². The van der Waals surface area contributed by atoms with Gasteiger partial charge in [0.15, 0.2) is 0 Å². The van der Waals surface area contributed by atoms with Crippen molar-refractivity contribution in [1.82, 2.24) is 13.4 Å². The van der Waals surface area contributed by atoms with E-state index in [4.69, 9.17) is 11.6 Å². The smallest absolute Gasteiger partial charge is 0.335 e. The largest absolute Gasteiger partial charge is 0.363 e. The van der Waals surface area contributed by atoms with E-state index >= 15 is 0 Å². The van der Waals surface area contributed by atoms with Crippen molar-refractivity contribution >= 4 is 27.3 Å². The highest BCUT2D eigenvalue weighted by atomic mass is 35.5. The first-order valence-electron chi connectivity index (χ1n) is 10.1. The van der Waals surface area contributed by atoms with Crippen molar-refractivity contribution in [3.63, 3.8) is 0 Å². The SMILES string of the molecule is Cc1c(N2CCN(S(=O)(=O)c3ccc(Cl)cc3)CC2)c(=O)n(C)c(=O)n1-c1ccccc1. The maximum Gasteiger partial charge on any atom is 0.335 e. The van der Waals surface area contributed by atoms with Crippen LogP contribution in [0.25, 0.3) is 5.69 Å². The number of aromatic nitrogens is 2. The number of nitrogens with zero attached hydrogens (tertiary/aromatic N) is 4. The van der Waals surface area contributed by atoms with Crippen LogP contribution < -0.4 is 16.1 Å². The second-order valence-electron chi connectivity index (χ2n) is 7.60. The zero-order valence-corrected chi connectivity index (χ0v) is 19.3. The zero-order chi connectivity index (χ0) is 23.0. The lowest BCUT2D eigenvalue weighted by Crippen LogP contribution is -2.52. The summed E-state index contributed by atoms with van der Waals surface area (Å²) in [5, 5.41) is 0.466. The Morgan fingerprint density at radius 3 is 2.06 bits per heavy atom. The fourth-order valence-corrected chi connectivity index (χ4v) is 5.50. The number of para-hydroxylation sites is 1. The Bertz CT molecular complexity index is 1360. The minimum absolute atomic E-state index is 0.181. The van der Waals surface area contributed by atoms with Crippen molar-refractivity contribution in [3.05, 3.63) is 86.2 Å². The summed E-state index contributed by atoms with van der Waals surface area (Å²) in [6, 6.07) is 15.2. The van der Waals surface area contributed by atoms with Crippen molar-refractivity contribution in [3.8, 4) is 5.69 Å². The van der Waals surface area contributed by atoms with Gasteiger partial charge in [-0.3, -0.25) is 13.9 Å². The van der Waals surface area contributed by atoms with Gasteiger partial charge in [0.1, 0.15) is 5.69 Å². The molecule has 0 amide bonds. The average Bonchev–Trinajstić information content (AvgIpc) is 2.79. The first-order chi connectivity index (χ1) is 15.2. The van der Waals surface area contributed by atoms with Gasteiger partial charge in [-0.1, -0.05) is 29.8 Å². The summed E-state index contributed by atoms with van der Waals surface area (Å²) in [4.78, 5) is 27.8. The molecule has 1 aliphatic heterocycles. The first-order valence-corrected chi connectivity index (χ1v) is 11.9. The second kappa shape index (κ2) is 8.57. The molecule has 0 atom stereocenters. The molecule has 0 saturated carbocycles. The van der Waals surface area contributed by atoms with Crippen molar-refractivity contribution in [2.45, 2.75) is 11.8 Å². The molecular weight excluding hydrogens is 452 g/mol. The number of piperazine rings is 1. The standard InChI is InChI=1S/C22H23ClN4O4S/c1-16-20(21(28)24(2)22(29)27(16)18-6-4-3-5-7-18)25-12-14-26(15-13-25)32(30,31)19-10-8-17(23)9-11-19/h3-11H,12-15H2,1-2H3. The Hall–Kier alpha value is -2.88. The van der Waals surface area contributed by atoms with E-state index in [1.807, 2.05) is 23.1 Å². The molecule has 8 nitrogen and oxygen atoms in total. The van der Waals surface area contributed by atoms with Crippen LogP contribution in [0.3, 0.4) is 0 Å². The Labute approximate surface area is 190 Å². The first kappa shape index (κ1) is 22.3. The van der Waals surface area contributed by atoms with E-state index in [2.05, 4.69) is 0 Å². The molecule has 0 aliphatic carbocycles. The molecule has 1 aliphatic rings. The highest BCUT2D eigenvalue weighted by Crippen LogP contribution is 2.23. The minimum Gasteiger partial charge on any atom is -0.363 e. The van der Waals surface area contributed by atoms with Gasteiger partial charge in [0.05, 0.1) is 16.3 Å². The summed E-state index contributed by atoms with van der Waals surface area (Å²) in [5.74, 6) is 0. The molecule has 0 N–H and O–H groups in total. The molecule has 3 aromatic rings. The third kappa shape index (κ3) is 3.87. The Morgan fingerprint density at radius 1 is 0.875 bits per heavy atom. The third-order valence-electron chi connectivity index (χ3n) is 5.68. The Morgan fingerprint density at radius 2 is 1.47 bits per heavy atom. The lowest BCUT2D eigenvalue weighted by molar-refractivity contribution is 0.383. The van der Waals surface area contributed by atoms with Crippen LogP contribution in [0, 0.1) is 6.92 Å². The van der Waals surface area contributed by atoms with Crippen molar-refractivity contribution in [2.24, 2.45) is 7.05 Å². The number of rotatable bonds is 4. The molecule has 0 bridgehead atoms.